The molecule has 1 unspecified atom stereocenters. The number of hydrogen-bond acceptors (Lipinski definition) is 2. The number of nitrogens with zero attached hydrogens (tertiary/aromatic N) is 1. The summed E-state index contributed by atoms with van der Waals surface area (Å²) in [6.07, 6.45) is 6.58. The van der Waals surface area contributed by atoms with Gasteiger partial charge in [-0.1, -0.05) is 140 Å². The number of para-hydroxylation sites is 2. The van der Waals surface area contributed by atoms with Gasteiger partial charge in [-0.25, -0.2) is 4.39 Å². The average molecular weight is 746 g/mol. The largest absolute Gasteiger partial charge is 0.455 e. The van der Waals surface area contributed by atoms with Gasteiger partial charge in [0.25, 0.3) is 0 Å². The molecule has 9 aromatic rings. The lowest BCUT2D eigenvalue weighted by Crippen LogP contribution is -2.27. The van der Waals surface area contributed by atoms with Crippen LogP contribution < -0.4 is 4.90 Å². The molecule has 0 N–H and O–H groups in total. The predicted molar refractivity (Wildman–Crippen MR) is 236 cm³/mol. The van der Waals surface area contributed by atoms with Crippen LogP contribution in [0.15, 0.2) is 204 Å². The molecule has 0 saturated heterocycles. The maximum absolute atomic E-state index is 15.5. The molecule has 0 bridgehead atoms. The van der Waals surface area contributed by atoms with E-state index >= 15 is 4.39 Å². The lowest BCUT2D eigenvalue weighted by atomic mass is 9.69. The van der Waals surface area contributed by atoms with Crippen LogP contribution in [0.2, 0.25) is 0 Å². The van der Waals surface area contributed by atoms with Crippen LogP contribution in [0.4, 0.5) is 21.5 Å². The molecule has 58 heavy (non-hydrogen) atoms. The predicted octanol–water partition coefficient (Wildman–Crippen LogP) is 15.0. The first-order valence-electron chi connectivity index (χ1n) is 20.1. The quantitative estimate of drug-likeness (QED) is 0.174. The van der Waals surface area contributed by atoms with Crippen molar-refractivity contribution in [2.45, 2.75) is 18.3 Å². The molecule has 0 amide bonds. The van der Waals surface area contributed by atoms with E-state index in [-0.39, 0.29) is 5.82 Å². The molecule has 0 radical (unpaired) electrons. The molecular formula is C55H36FNO. The molecule has 2 nitrogen and oxygen atoms in total. The lowest BCUT2D eigenvalue weighted by Gasteiger charge is -2.33. The minimum absolute atomic E-state index is 0.212. The zero-order chi connectivity index (χ0) is 38.4. The Balaban J connectivity index is 1.05. The van der Waals surface area contributed by atoms with Gasteiger partial charge in [-0.15, -0.1) is 0 Å². The highest BCUT2D eigenvalue weighted by atomic mass is 19.1. The standard InChI is InChI=1S/C55H36FNO/c56-38-25-31-45-46-32-30-41(34-52(46)55(51(45)33-38)49-18-7-4-13-43(49)44-14-5-8-19-50(44)55)57(39-26-21-36(22-27-39)35-11-2-1-3-12-35)40-28-23-37(24-29-40)42-16-10-17-48-47-15-6-9-20-53(47)58-54(42)48/h1-4,6-13,15-34H,5,14H2. The van der Waals surface area contributed by atoms with E-state index in [9.17, 15) is 0 Å². The Morgan fingerprint density at radius 1 is 0.483 bits per heavy atom. The van der Waals surface area contributed by atoms with Crippen molar-refractivity contribution in [1.82, 2.24) is 0 Å². The molecule has 1 spiro atoms. The summed E-state index contributed by atoms with van der Waals surface area (Å²) in [7, 11) is 0. The number of hydrogen-bond donors (Lipinski definition) is 0. The molecule has 0 fully saturated rings. The number of furan rings is 1. The first kappa shape index (κ1) is 33.0. The van der Waals surface area contributed by atoms with Crippen LogP contribution in [0.1, 0.15) is 35.1 Å². The summed E-state index contributed by atoms with van der Waals surface area (Å²) in [5.74, 6) is -0.212. The van der Waals surface area contributed by atoms with Crippen LogP contribution in [0.25, 0.3) is 60.9 Å². The number of anilines is 3. The van der Waals surface area contributed by atoms with Gasteiger partial charge in [-0.3, -0.25) is 0 Å². The second-order valence-electron chi connectivity index (χ2n) is 15.6. The fraction of sp³-hybridized carbons (Fsp3) is 0.0545. The van der Waals surface area contributed by atoms with Gasteiger partial charge in [-0.2, -0.15) is 0 Å². The molecule has 12 rings (SSSR count). The number of halogens is 1. The van der Waals surface area contributed by atoms with Crippen molar-refractivity contribution in [3.05, 3.63) is 228 Å². The molecule has 1 atom stereocenters. The van der Waals surface area contributed by atoms with Crippen LogP contribution in [0.3, 0.4) is 0 Å². The van der Waals surface area contributed by atoms with Crippen LogP contribution in [0.5, 0.6) is 0 Å². The SMILES string of the molecule is Fc1ccc2c(c1)C1(C3=C(CCC=C3)c3ccccc31)c1cc(N(c3ccc(-c4ccccc4)cc3)c3ccc(-c4cccc5c4oc4ccccc45)cc3)ccc1-2. The number of benzene rings is 8. The molecule has 274 valence electrons. The van der Waals surface area contributed by atoms with Crippen molar-refractivity contribution in [3.8, 4) is 33.4 Å². The van der Waals surface area contributed by atoms with Crippen molar-refractivity contribution >= 4 is 44.6 Å². The maximum atomic E-state index is 15.5. The van der Waals surface area contributed by atoms with Gasteiger partial charge in [0.1, 0.15) is 17.0 Å². The van der Waals surface area contributed by atoms with E-state index in [1.807, 2.05) is 18.2 Å². The van der Waals surface area contributed by atoms with E-state index < -0.39 is 5.41 Å². The number of rotatable bonds is 5. The molecule has 0 saturated carbocycles. The molecule has 1 heterocycles. The summed E-state index contributed by atoms with van der Waals surface area (Å²) in [6, 6.07) is 63.8. The third kappa shape index (κ3) is 4.71. The summed E-state index contributed by atoms with van der Waals surface area (Å²) >= 11 is 0. The highest BCUT2D eigenvalue weighted by Crippen LogP contribution is 2.64. The molecule has 1 aromatic heterocycles. The minimum atomic E-state index is -0.621. The van der Waals surface area contributed by atoms with Gasteiger partial charge in [0.05, 0.1) is 5.41 Å². The lowest BCUT2D eigenvalue weighted by molar-refractivity contribution is 0.622. The van der Waals surface area contributed by atoms with E-state index in [0.717, 1.165) is 85.2 Å². The Morgan fingerprint density at radius 3 is 1.95 bits per heavy atom. The second-order valence-corrected chi connectivity index (χ2v) is 15.6. The Morgan fingerprint density at radius 2 is 1.12 bits per heavy atom. The van der Waals surface area contributed by atoms with Crippen LogP contribution in [-0.4, -0.2) is 0 Å². The van der Waals surface area contributed by atoms with E-state index in [1.165, 1.54) is 33.4 Å². The average Bonchev–Trinajstić information content (AvgIpc) is 3.91. The third-order valence-corrected chi connectivity index (χ3v) is 12.6. The van der Waals surface area contributed by atoms with E-state index in [2.05, 4.69) is 169 Å². The third-order valence-electron chi connectivity index (χ3n) is 12.6. The Labute approximate surface area is 336 Å². The monoisotopic (exact) mass is 745 g/mol. The summed E-state index contributed by atoms with van der Waals surface area (Å²) in [6.45, 7) is 0. The van der Waals surface area contributed by atoms with Gasteiger partial charge in [0.15, 0.2) is 0 Å². The Hall–Kier alpha value is -7.23. The molecule has 0 aliphatic heterocycles. The van der Waals surface area contributed by atoms with E-state index in [0.29, 0.717) is 0 Å². The zero-order valence-electron chi connectivity index (χ0n) is 31.6. The van der Waals surface area contributed by atoms with Crippen LogP contribution in [0, 0.1) is 5.82 Å². The smallest absolute Gasteiger partial charge is 0.143 e. The Bertz CT molecular complexity index is 3170. The first-order chi connectivity index (χ1) is 28.7. The molecule has 3 aliphatic carbocycles. The highest BCUT2D eigenvalue weighted by Gasteiger charge is 2.52. The molecule has 3 aliphatic rings. The summed E-state index contributed by atoms with van der Waals surface area (Å²) in [5.41, 5.74) is 18.4. The van der Waals surface area contributed by atoms with E-state index in [1.54, 1.807) is 12.1 Å². The topological polar surface area (TPSA) is 16.4 Å². The van der Waals surface area contributed by atoms with Crippen molar-refractivity contribution in [3.63, 3.8) is 0 Å². The molecular weight excluding hydrogens is 710 g/mol. The van der Waals surface area contributed by atoms with Gasteiger partial charge in [0, 0.05) is 33.4 Å². The van der Waals surface area contributed by atoms with Crippen molar-refractivity contribution < 1.29 is 8.81 Å². The zero-order valence-corrected chi connectivity index (χ0v) is 31.6. The number of allylic oxidation sites excluding steroid dienone is 4. The first-order valence-corrected chi connectivity index (χ1v) is 20.1. The van der Waals surface area contributed by atoms with Crippen LogP contribution in [-0.2, 0) is 5.41 Å². The minimum Gasteiger partial charge on any atom is -0.455 e. The van der Waals surface area contributed by atoms with Gasteiger partial charge < -0.3 is 9.32 Å². The van der Waals surface area contributed by atoms with Crippen molar-refractivity contribution in [2.75, 3.05) is 4.90 Å². The van der Waals surface area contributed by atoms with Gasteiger partial charge in [-0.05, 0) is 129 Å². The van der Waals surface area contributed by atoms with E-state index in [4.69, 9.17) is 4.42 Å². The highest BCUT2D eigenvalue weighted by molar-refractivity contribution is 6.09. The van der Waals surface area contributed by atoms with Crippen molar-refractivity contribution in [1.29, 1.82) is 0 Å². The fourth-order valence-electron chi connectivity index (χ4n) is 10.2. The Kier molecular flexibility index (Phi) is 7.18. The van der Waals surface area contributed by atoms with Crippen LogP contribution >= 0.6 is 0 Å². The van der Waals surface area contributed by atoms with Gasteiger partial charge >= 0.3 is 0 Å². The summed E-state index contributed by atoms with van der Waals surface area (Å²) < 4.78 is 21.9. The summed E-state index contributed by atoms with van der Waals surface area (Å²) in [5, 5.41) is 2.24. The van der Waals surface area contributed by atoms with Crippen molar-refractivity contribution in [2.24, 2.45) is 0 Å². The maximum Gasteiger partial charge on any atom is 0.143 e. The normalized spacial score (nSPS) is 16.2. The second kappa shape index (κ2) is 12.6. The molecule has 8 aromatic carbocycles. The summed E-state index contributed by atoms with van der Waals surface area (Å²) in [4.78, 5) is 2.35. The molecule has 3 heteroatoms. The van der Waals surface area contributed by atoms with Gasteiger partial charge in [0.2, 0.25) is 0 Å². The number of fused-ring (bicyclic) bond motifs is 12. The fourth-order valence-corrected chi connectivity index (χ4v) is 10.2.